The van der Waals surface area contributed by atoms with Gasteiger partial charge in [-0.1, -0.05) is 134 Å². The lowest BCUT2D eigenvalue weighted by molar-refractivity contribution is -0.304. The minimum absolute atomic E-state index is 0.541. The van der Waals surface area contributed by atoms with Crippen molar-refractivity contribution in [3.05, 3.63) is 35.9 Å². The highest BCUT2D eigenvalue weighted by molar-refractivity contribution is 5.13. The Morgan fingerprint density at radius 2 is 0.963 bits per heavy atom. The van der Waals surface area contributed by atoms with Crippen LogP contribution in [0.25, 0.3) is 0 Å². The Hall–Kier alpha value is -0.860. The highest BCUT2D eigenvalue weighted by Gasteiger charge is 1.96. The quantitative estimate of drug-likeness (QED) is 0.129. The second-order valence-corrected chi connectivity index (χ2v) is 7.87. The first-order chi connectivity index (χ1) is 13.4. The van der Waals surface area contributed by atoms with Crippen LogP contribution < -0.4 is 0 Å². The van der Waals surface area contributed by atoms with Crippen LogP contribution in [0.3, 0.4) is 0 Å². The van der Waals surface area contributed by atoms with Crippen LogP contribution in [0.15, 0.2) is 30.3 Å². The van der Waals surface area contributed by atoms with Crippen LogP contribution in [0.5, 0.6) is 0 Å². The lowest BCUT2D eigenvalue weighted by Gasteiger charge is -2.05. The number of hydrogen-bond donors (Lipinski definition) is 0. The molecule has 1 rings (SSSR count). The van der Waals surface area contributed by atoms with Gasteiger partial charge in [0.25, 0.3) is 0 Å². The zero-order valence-electron chi connectivity index (χ0n) is 17.9. The number of hydrogen-bond acceptors (Lipinski definition) is 2. The van der Waals surface area contributed by atoms with Gasteiger partial charge in [-0.3, -0.25) is 0 Å². The molecule has 2 heteroatoms. The van der Waals surface area contributed by atoms with E-state index in [0.717, 1.165) is 12.0 Å². The van der Waals surface area contributed by atoms with Crippen molar-refractivity contribution < 1.29 is 9.78 Å². The van der Waals surface area contributed by atoms with Gasteiger partial charge >= 0.3 is 0 Å². The molecule has 0 spiro atoms. The molecule has 0 unspecified atom stereocenters. The van der Waals surface area contributed by atoms with E-state index in [4.69, 9.17) is 9.78 Å². The molecule has 0 saturated carbocycles. The number of benzene rings is 1. The van der Waals surface area contributed by atoms with Crippen LogP contribution in [0.4, 0.5) is 0 Å². The van der Waals surface area contributed by atoms with E-state index in [1.54, 1.807) is 0 Å². The smallest absolute Gasteiger partial charge is 0.107 e. The molecule has 1 aromatic carbocycles. The Labute approximate surface area is 169 Å². The SMILES string of the molecule is CCCCCCCCCCCCCCCCCCOOCc1ccccc1. The average Bonchev–Trinajstić information content (AvgIpc) is 2.70. The molecule has 0 aliphatic carbocycles. The molecule has 0 aliphatic rings. The van der Waals surface area contributed by atoms with Crippen LogP contribution in [0, 0.1) is 0 Å². The Morgan fingerprint density at radius 1 is 0.519 bits per heavy atom. The fourth-order valence-electron chi connectivity index (χ4n) is 3.45. The third kappa shape index (κ3) is 17.0. The minimum Gasteiger partial charge on any atom is -0.236 e. The normalized spacial score (nSPS) is 11.1. The van der Waals surface area contributed by atoms with Crippen LogP contribution in [-0.2, 0) is 16.4 Å². The van der Waals surface area contributed by atoms with Crippen molar-refractivity contribution in [2.75, 3.05) is 6.61 Å². The van der Waals surface area contributed by atoms with Crippen molar-refractivity contribution in [2.24, 2.45) is 0 Å². The Balaban J connectivity index is 1.67. The van der Waals surface area contributed by atoms with Crippen molar-refractivity contribution in [3.8, 4) is 0 Å². The molecule has 0 saturated heterocycles. The molecular formula is C25H44O2. The van der Waals surface area contributed by atoms with Gasteiger partial charge in [0.05, 0.1) is 6.61 Å². The van der Waals surface area contributed by atoms with E-state index in [2.05, 4.69) is 19.1 Å². The summed E-state index contributed by atoms with van der Waals surface area (Å²) in [5.74, 6) is 0. The number of unbranched alkanes of at least 4 members (excludes halogenated alkanes) is 15. The first kappa shape index (κ1) is 24.2. The summed E-state index contributed by atoms with van der Waals surface area (Å²) in [5, 5.41) is 0. The first-order valence-electron chi connectivity index (χ1n) is 11.7. The highest BCUT2D eigenvalue weighted by Crippen LogP contribution is 2.13. The van der Waals surface area contributed by atoms with Crippen molar-refractivity contribution in [3.63, 3.8) is 0 Å². The van der Waals surface area contributed by atoms with E-state index in [0.29, 0.717) is 13.2 Å². The van der Waals surface area contributed by atoms with Gasteiger partial charge in [-0.25, -0.2) is 9.78 Å². The maximum absolute atomic E-state index is 5.26. The van der Waals surface area contributed by atoms with E-state index in [1.807, 2.05) is 18.2 Å². The molecule has 0 heterocycles. The third-order valence-electron chi connectivity index (χ3n) is 5.23. The third-order valence-corrected chi connectivity index (χ3v) is 5.23. The van der Waals surface area contributed by atoms with Crippen LogP contribution in [-0.4, -0.2) is 6.61 Å². The first-order valence-corrected chi connectivity index (χ1v) is 11.7. The van der Waals surface area contributed by atoms with Gasteiger partial charge in [0, 0.05) is 0 Å². The molecular weight excluding hydrogens is 332 g/mol. The summed E-state index contributed by atoms with van der Waals surface area (Å²) < 4.78 is 0. The van der Waals surface area contributed by atoms with Gasteiger partial charge in [0.1, 0.15) is 6.61 Å². The van der Waals surface area contributed by atoms with Gasteiger partial charge in [0.2, 0.25) is 0 Å². The maximum Gasteiger partial charge on any atom is 0.107 e. The van der Waals surface area contributed by atoms with E-state index in [9.17, 15) is 0 Å². The Morgan fingerprint density at radius 3 is 1.44 bits per heavy atom. The summed E-state index contributed by atoms with van der Waals surface area (Å²) in [4.78, 5) is 10.5. The topological polar surface area (TPSA) is 18.5 Å². The summed E-state index contributed by atoms with van der Waals surface area (Å²) in [7, 11) is 0. The van der Waals surface area contributed by atoms with E-state index in [-0.39, 0.29) is 0 Å². The Kier molecular flexibility index (Phi) is 17.8. The molecule has 0 N–H and O–H groups in total. The molecule has 0 radical (unpaired) electrons. The molecule has 1 aromatic rings. The molecule has 0 aliphatic heterocycles. The zero-order chi connectivity index (χ0) is 19.3. The largest absolute Gasteiger partial charge is 0.236 e. The van der Waals surface area contributed by atoms with Crippen molar-refractivity contribution in [1.82, 2.24) is 0 Å². The van der Waals surface area contributed by atoms with Crippen molar-refractivity contribution in [1.29, 1.82) is 0 Å². The second-order valence-electron chi connectivity index (χ2n) is 7.87. The van der Waals surface area contributed by atoms with Crippen LogP contribution in [0.2, 0.25) is 0 Å². The fourth-order valence-corrected chi connectivity index (χ4v) is 3.45. The average molecular weight is 377 g/mol. The summed E-state index contributed by atoms with van der Waals surface area (Å²) in [6, 6.07) is 10.2. The van der Waals surface area contributed by atoms with Crippen LogP contribution >= 0.6 is 0 Å². The lowest BCUT2D eigenvalue weighted by atomic mass is 10.0. The Bertz CT molecular complexity index is 391. The standard InChI is InChI=1S/C25H44O2/c1-2-3-4-5-6-7-8-9-10-11-12-13-14-15-16-20-23-26-27-24-25-21-18-17-19-22-25/h17-19,21-22H,2-16,20,23-24H2,1H3. The maximum atomic E-state index is 5.26. The predicted molar refractivity (Wildman–Crippen MR) is 117 cm³/mol. The molecule has 0 amide bonds. The van der Waals surface area contributed by atoms with E-state index in [1.165, 1.54) is 96.3 Å². The molecule has 0 fully saturated rings. The van der Waals surface area contributed by atoms with Gasteiger partial charge in [-0.05, 0) is 12.0 Å². The minimum atomic E-state index is 0.541. The molecule has 27 heavy (non-hydrogen) atoms. The van der Waals surface area contributed by atoms with Crippen LogP contribution in [0.1, 0.15) is 115 Å². The highest BCUT2D eigenvalue weighted by atomic mass is 17.2. The molecule has 156 valence electrons. The van der Waals surface area contributed by atoms with E-state index >= 15 is 0 Å². The summed E-state index contributed by atoms with van der Waals surface area (Å²) >= 11 is 0. The van der Waals surface area contributed by atoms with Crippen molar-refractivity contribution in [2.45, 2.75) is 116 Å². The lowest BCUT2D eigenvalue weighted by Crippen LogP contribution is -1.97. The van der Waals surface area contributed by atoms with Crippen molar-refractivity contribution >= 4 is 0 Å². The molecule has 0 aromatic heterocycles. The second kappa shape index (κ2) is 19.9. The summed E-state index contributed by atoms with van der Waals surface area (Å²) in [5.41, 5.74) is 1.16. The van der Waals surface area contributed by atoms with Gasteiger partial charge in [-0.15, -0.1) is 0 Å². The van der Waals surface area contributed by atoms with Gasteiger partial charge in [0.15, 0.2) is 0 Å². The predicted octanol–water partition coefficient (Wildman–Crippen LogP) is 8.40. The zero-order valence-corrected chi connectivity index (χ0v) is 17.9. The summed E-state index contributed by atoms with van der Waals surface area (Å²) in [6.45, 7) is 3.54. The monoisotopic (exact) mass is 376 g/mol. The van der Waals surface area contributed by atoms with E-state index < -0.39 is 0 Å². The fraction of sp³-hybridized carbons (Fsp3) is 0.760. The summed E-state index contributed by atoms with van der Waals surface area (Å²) in [6.07, 6.45) is 22.3. The van der Waals surface area contributed by atoms with Gasteiger partial charge < -0.3 is 0 Å². The molecule has 0 atom stereocenters. The molecule has 0 bridgehead atoms. The molecule has 2 nitrogen and oxygen atoms in total. The van der Waals surface area contributed by atoms with Gasteiger partial charge in [-0.2, -0.15) is 0 Å². The number of rotatable bonds is 20.